The van der Waals surface area contributed by atoms with Crippen LogP contribution >= 0.6 is 0 Å². The van der Waals surface area contributed by atoms with Gasteiger partial charge in [0.2, 0.25) is 11.8 Å². The van der Waals surface area contributed by atoms with E-state index in [1.807, 2.05) is 57.2 Å². The van der Waals surface area contributed by atoms with Crippen molar-refractivity contribution in [1.29, 1.82) is 0 Å². The molecule has 1 atom stereocenters. The molecule has 1 fully saturated rings. The van der Waals surface area contributed by atoms with Crippen LogP contribution in [-0.4, -0.2) is 43.8 Å². The summed E-state index contributed by atoms with van der Waals surface area (Å²) < 4.78 is 29.1. The van der Waals surface area contributed by atoms with Crippen LogP contribution in [0.15, 0.2) is 83.8 Å². The molecule has 1 aliphatic carbocycles. The molecule has 3 aromatic rings. The lowest BCUT2D eigenvalue weighted by Crippen LogP contribution is -2.53. The van der Waals surface area contributed by atoms with Crippen molar-refractivity contribution in [3.8, 4) is 0 Å². The molecule has 2 amide bonds. The Labute approximate surface area is 238 Å². The molecule has 0 unspecified atom stereocenters. The van der Waals surface area contributed by atoms with Crippen molar-refractivity contribution in [3.05, 3.63) is 95.6 Å². The van der Waals surface area contributed by atoms with Crippen LogP contribution in [0.25, 0.3) is 0 Å². The van der Waals surface area contributed by atoms with Gasteiger partial charge in [0, 0.05) is 12.6 Å². The van der Waals surface area contributed by atoms with Crippen molar-refractivity contribution in [1.82, 2.24) is 10.2 Å². The van der Waals surface area contributed by atoms with E-state index >= 15 is 0 Å². The van der Waals surface area contributed by atoms with Gasteiger partial charge >= 0.3 is 0 Å². The number of benzene rings is 3. The van der Waals surface area contributed by atoms with E-state index in [4.69, 9.17) is 0 Å². The summed E-state index contributed by atoms with van der Waals surface area (Å²) in [6.45, 7) is 5.42. The lowest BCUT2D eigenvalue weighted by Gasteiger charge is -2.33. The molecule has 1 N–H and O–H groups in total. The smallest absolute Gasteiger partial charge is 0.264 e. The number of nitrogens with zero attached hydrogens (tertiary/aromatic N) is 2. The van der Waals surface area contributed by atoms with E-state index in [0.717, 1.165) is 46.7 Å². The van der Waals surface area contributed by atoms with Gasteiger partial charge in [-0.2, -0.15) is 0 Å². The number of nitrogens with one attached hydrogen (secondary N) is 1. The van der Waals surface area contributed by atoms with Crippen LogP contribution in [0.5, 0.6) is 0 Å². The van der Waals surface area contributed by atoms with Gasteiger partial charge in [0.1, 0.15) is 12.6 Å². The molecule has 4 rings (SSSR count). The van der Waals surface area contributed by atoms with Gasteiger partial charge in [0.25, 0.3) is 10.0 Å². The molecule has 0 aliphatic heterocycles. The average Bonchev–Trinajstić information content (AvgIpc) is 3.45. The summed E-state index contributed by atoms with van der Waals surface area (Å²) in [5.74, 6) is -0.628. The van der Waals surface area contributed by atoms with Crippen molar-refractivity contribution in [2.45, 2.75) is 76.4 Å². The molecular formula is C32H39N3O4S. The summed E-state index contributed by atoms with van der Waals surface area (Å²) in [6, 6.07) is 22.6. The second-order valence-electron chi connectivity index (χ2n) is 10.6. The van der Waals surface area contributed by atoms with Crippen molar-refractivity contribution in [2.75, 3.05) is 10.8 Å². The molecule has 0 saturated heterocycles. The number of aryl methyl sites for hydroxylation is 2. The first-order valence-corrected chi connectivity index (χ1v) is 15.4. The minimum atomic E-state index is -4.08. The summed E-state index contributed by atoms with van der Waals surface area (Å²) in [5, 5.41) is 3.14. The maximum absolute atomic E-state index is 14.1. The van der Waals surface area contributed by atoms with Crippen LogP contribution in [0.4, 0.5) is 5.69 Å². The molecule has 3 aromatic carbocycles. The Morgan fingerprint density at radius 3 is 2.20 bits per heavy atom. The Bertz CT molecular complexity index is 1400. The van der Waals surface area contributed by atoms with Crippen LogP contribution < -0.4 is 9.62 Å². The molecule has 8 heteroatoms. The number of amides is 2. The molecule has 0 bridgehead atoms. The molecule has 0 spiro atoms. The van der Waals surface area contributed by atoms with E-state index in [1.54, 1.807) is 42.5 Å². The number of rotatable bonds is 11. The second-order valence-corrected chi connectivity index (χ2v) is 12.4. The highest BCUT2D eigenvalue weighted by Crippen LogP contribution is 2.26. The molecule has 1 aliphatic rings. The summed E-state index contributed by atoms with van der Waals surface area (Å²) in [7, 11) is -4.08. The third-order valence-corrected chi connectivity index (χ3v) is 9.25. The molecule has 1 saturated carbocycles. The van der Waals surface area contributed by atoms with Crippen LogP contribution in [0.2, 0.25) is 0 Å². The average molecular weight is 562 g/mol. The van der Waals surface area contributed by atoms with Gasteiger partial charge in [-0.15, -0.1) is 0 Å². The first-order chi connectivity index (χ1) is 19.2. The zero-order chi connectivity index (χ0) is 28.7. The van der Waals surface area contributed by atoms with Crippen molar-refractivity contribution >= 4 is 27.5 Å². The van der Waals surface area contributed by atoms with Gasteiger partial charge in [-0.25, -0.2) is 8.42 Å². The van der Waals surface area contributed by atoms with Crippen LogP contribution in [-0.2, 0) is 26.2 Å². The fraction of sp³-hybridized carbons (Fsp3) is 0.375. The van der Waals surface area contributed by atoms with Gasteiger partial charge in [-0.3, -0.25) is 13.9 Å². The van der Waals surface area contributed by atoms with E-state index in [0.29, 0.717) is 12.1 Å². The molecule has 7 nitrogen and oxygen atoms in total. The number of hydrogen-bond donors (Lipinski definition) is 1. The predicted molar refractivity (Wildman–Crippen MR) is 158 cm³/mol. The van der Waals surface area contributed by atoms with E-state index in [2.05, 4.69) is 5.32 Å². The van der Waals surface area contributed by atoms with Crippen molar-refractivity contribution in [2.24, 2.45) is 0 Å². The fourth-order valence-corrected chi connectivity index (χ4v) is 6.62. The second kappa shape index (κ2) is 13.1. The molecule has 0 aromatic heterocycles. The maximum atomic E-state index is 14.1. The van der Waals surface area contributed by atoms with E-state index < -0.39 is 28.5 Å². The monoisotopic (exact) mass is 561 g/mol. The van der Waals surface area contributed by atoms with Gasteiger partial charge in [-0.1, -0.05) is 79.9 Å². The Kier molecular flexibility index (Phi) is 9.63. The summed E-state index contributed by atoms with van der Waals surface area (Å²) in [6.07, 6.45) is 4.44. The quantitative estimate of drug-likeness (QED) is 0.341. The Morgan fingerprint density at radius 2 is 1.57 bits per heavy atom. The van der Waals surface area contributed by atoms with Gasteiger partial charge in [0.05, 0.1) is 10.6 Å². The van der Waals surface area contributed by atoms with Crippen LogP contribution in [0, 0.1) is 13.8 Å². The van der Waals surface area contributed by atoms with Gasteiger partial charge < -0.3 is 10.2 Å². The highest BCUT2D eigenvalue weighted by molar-refractivity contribution is 7.92. The minimum absolute atomic E-state index is 0.105. The summed E-state index contributed by atoms with van der Waals surface area (Å²) in [4.78, 5) is 29.2. The zero-order valence-electron chi connectivity index (χ0n) is 23.5. The fourth-order valence-electron chi connectivity index (χ4n) is 5.22. The lowest BCUT2D eigenvalue weighted by atomic mass is 10.1. The predicted octanol–water partition coefficient (Wildman–Crippen LogP) is 5.36. The van der Waals surface area contributed by atoms with E-state index in [9.17, 15) is 18.0 Å². The number of anilines is 1. The number of carbonyl (C=O) groups excluding carboxylic acids is 2. The Morgan fingerprint density at radius 1 is 0.900 bits per heavy atom. The first-order valence-electron chi connectivity index (χ1n) is 14.0. The molecular weight excluding hydrogens is 522 g/mol. The number of carbonyl (C=O) groups is 2. The number of hydrogen-bond acceptors (Lipinski definition) is 4. The summed E-state index contributed by atoms with van der Waals surface area (Å²) >= 11 is 0. The SMILES string of the molecule is CC[C@H](C(=O)NC1CCCC1)N(Cc1ccccc1)C(=O)CN(c1cccc(C)c1)S(=O)(=O)c1ccc(C)cc1. The maximum Gasteiger partial charge on any atom is 0.264 e. The summed E-state index contributed by atoms with van der Waals surface area (Å²) in [5.41, 5.74) is 3.08. The first kappa shape index (κ1) is 29.3. The topological polar surface area (TPSA) is 86.8 Å². The third-order valence-electron chi connectivity index (χ3n) is 7.46. The van der Waals surface area contributed by atoms with Gasteiger partial charge in [-0.05, 0) is 68.5 Å². The minimum Gasteiger partial charge on any atom is -0.352 e. The Balaban J connectivity index is 1.70. The largest absolute Gasteiger partial charge is 0.352 e. The molecule has 0 heterocycles. The molecule has 0 radical (unpaired) electrons. The lowest BCUT2D eigenvalue weighted by molar-refractivity contribution is -0.140. The third kappa shape index (κ3) is 7.10. The highest BCUT2D eigenvalue weighted by Gasteiger charge is 2.34. The van der Waals surface area contributed by atoms with Crippen LogP contribution in [0.1, 0.15) is 55.7 Å². The normalized spacial score (nSPS) is 14.5. The Hall–Kier alpha value is -3.65. The van der Waals surface area contributed by atoms with Gasteiger partial charge in [0.15, 0.2) is 0 Å². The van der Waals surface area contributed by atoms with E-state index in [-0.39, 0.29) is 23.4 Å². The highest BCUT2D eigenvalue weighted by atomic mass is 32.2. The molecule has 40 heavy (non-hydrogen) atoms. The van der Waals surface area contributed by atoms with Crippen LogP contribution in [0.3, 0.4) is 0 Å². The number of sulfonamides is 1. The zero-order valence-corrected chi connectivity index (χ0v) is 24.4. The standard InChI is InChI=1S/C32H39N3O4S/c1-4-30(32(37)33-27-14-8-9-15-27)34(22-26-12-6-5-7-13-26)31(36)23-35(28-16-10-11-25(3)21-28)40(38,39)29-19-17-24(2)18-20-29/h5-7,10-13,16-21,27,30H,4,8-9,14-15,22-23H2,1-3H3,(H,33,37)/t30-/m1/s1. The molecule has 212 valence electrons. The van der Waals surface area contributed by atoms with Crippen molar-refractivity contribution in [3.63, 3.8) is 0 Å². The van der Waals surface area contributed by atoms with E-state index in [1.165, 1.54) is 4.90 Å². The van der Waals surface area contributed by atoms with Crippen molar-refractivity contribution < 1.29 is 18.0 Å².